The van der Waals surface area contributed by atoms with Gasteiger partial charge in [0.2, 0.25) is 16.9 Å². The average molecular weight is 474 g/mol. The fourth-order valence-electron chi connectivity index (χ4n) is 2.85. The number of thioether (sulfide) groups is 1. The number of carbonyl (C=O) groups is 2. The summed E-state index contributed by atoms with van der Waals surface area (Å²) in [4.78, 5) is 24.8. The van der Waals surface area contributed by atoms with Crippen molar-refractivity contribution in [3.05, 3.63) is 40.2 Å². The number of nitrogens with zero attached hydrogens (tertiary/aromatic N) is 5. The molecule has 32 heavy (non-hydrogen) atoms. The Morgan fingerprint density at radius 1 is 1.06 bits per heavy atom. The highest BCUT2D eigenvalue weighted by molar-refractivity contribution is 7.99. The first-order valence-electron chi connectivity index (χ1n) is 10.3. The Balaban J connectivity index is 1.57. The van der Waals surface area contributed by atoms with Crippen molar-refractivity contribution < 1.29 is 9.59 Å². The third kappa shape index (κ3) is 6.13. The number of aryl methyl sites for hydroxylation is 2. The van der Waals surface area contributed by atoms with Crippen LogP contribution in [-0.2, 0) is 22.6 Å². The molecule has 170 valence electrons. The number of amides is 2. The van der Waals surface area contributed by atoms with Crippen molar-refractivity contribution in [3.63, 3.8) is 0 Å². The van der Waals surface area contributed by atoms with Crippen molar-refractivity contribution in [2.45, 2.75) is 58.7 Å². The van der Waals surface area contributed by atoms with E-state index in [-0.39, 0.29) is 29.9 Å². The number of hydrogen-bond acceptors (Lipinski definition) is 8. The van der Waals surface area contributed by atoms with Gasteiger partial charge in [0, 0.05) is 18.2 Å². The molecule has 0 bridgehead atoms. The lowest BCUT2D eigenvalue weighted by Gasteiger charge is -2.09. The zero-order chi connectivity index (χ0) is 23.3. The predicted molar refractivity (Wildman–Crippen MR) is 127 cm³/mol. The Kier molecular flexibility index (Phi) is 7.97. The molecule has 2 heterocycles. The maximum absolute atomic E-state index is 12.5. The van der Waals surface area contributed by atoms with Crippen molar-refractivity contribution in [2.75, 3.05) is 16.4 Å². The molecule has 1 aromatic carbocycles. The molecule has 3 rings (SSSR count). The minimum atomic E-state index is -0.193. The van der Waals surface area contributed by atoms with Crippen LogP contribution < -0.4 is 10.6 Å². The molecule has 0 saturated heterocycles. The predicted octanol–water partition coefficient (Wildman–Crippen LogP) is 3.80. The first kappa shape index (κ1) is 23.9. The molecule has 2 aromatic heterocycles. The molecule has 2 amide bonds. The fraction of sp³-hybridized carbons (Fsp3) is 0.429. The van der Waals surface area contributed by atoms with E-state index in [0.717, 1.165) is 16.3 Å². The Morgan fingerprint density at radius 2 is 1.84 bits per heavy atom. The summed E-state index contributed by atoms with van der Waals surface area (Å²) in [5.74, 6) is 0.621. The largest absolute Gasteiger partial charge is 0.326 e. The van der Waals surface area contributed by atoms with Gasteiger partial charge in [0.15, 0.2) is 5.16 Å². The maximum Gasteiger partial charge on any atom is 0.236 e. The molecule has 0 aliphatic rings. The highest BCUT2D eigenvalue weighted by Gasteiger charge is 2.17. The lowest BCUT2D eigenvalue weighted by molar-refractivity contribution is -0.116. The number of aromatic nitrogens is 5. The highest BCUT2D eigenvalue weighted by atomic mass is 32.2. The Hall–Kier alpha value is -2.79. The molecule has 0 atom stereocenters. The summed E-state index contributed by atoms with van der Waals surface area (Å²) in [6.45, 7) is 10.6. The van der Waals surface area contributed by atoms with Crippen LogP contribution >= 0.6 is 23.1 Å². The molecule has 9 nitrogen and oxygen atoms in total. The molecule has 0 unspecified atom stereocenters. The third-order valence-corrected chi connectivity index (χ3v) is 6.84. The van der Waals surface area contributed by atoms with Gasteiger partial charge in [0.05, 0.1) is 12.2 Å². The Labute approximate surface area is 195 Å². The number of rotatable bonds is 9. The third-order valence-electron chi connectivity index (χ3n) is 4.73. The van der Waals surface area contributed by atoms with E-state index in [0.29, 0.717) is 22.7 Å². The molecule has 3 aromatic rings. The van der Waals surface area contributed by atoms with Gasteiger partial charge in [-0.05, 0) is 44.0 Å². The van der Waals surface area contributed by atoms with E-state index in [2.05, 4.69) is 31.0 Å². The van der Waals surface area contributed by atoms with Gasteiger partial charge in [-0.15, -0.1) is 20.4 Å². The quantitative estimate of drug-likeness (QED) is 0.454. The summed E-state index contributed by atoms with van der Waals surface area (Å²) >= 11 is 2.64. The molecule has 0 aliphatic heterocycles. The van der Waals surface area contributed by atoms with Gasteiger partial charge in [-0.2, -0.15) is 0 Å². The van der Waals surface area contributed by atoms with Gasteiger partial charge in [0.1, 0.15) is 10.8 Å². The average Bonchev–Trinajstić information content (AvgIpc) is 3.36. The van der Waals surface area contributed by atoms with E-state index in [1.807, 2.05) is 57.4 Å². The number of nitrogens with one attached hydrogen (secondary N) is 2. The molecule has 0 radical (unpaired) electrons. The van der Waals surface area contributed by atoms with E-state index in [1.165, 1.54) is 28.7 Å². The summed E-state index contributed by atoms with van der Waals surface area (Å²) in [6.07, 6.45) is 0.100. The standard InChI is InChI=1S/C21H27N7O2S2/c1-6-28-16(10-17(29)22-15-8-7-13(4)14(5)9-15)24-27-21(28)31-11-18(30)23-20-26-25-19(32-20)12(2)3/h7-9,12H,6,10-11H2,1-5H3,(H,22,29)(H,23,26,30). The maximum atomic E-state index is 12.5. The van der Waals surface area contributed by atoms with E-state index < -0.39 is 0 Å². The van der Waals surface area contributed by atoms with E-state index in [1.54, 1.807) is 0 Å². The molecule has 0 aliphatic carbocycles. The zero-order valence-electron chi connectivity index (χ0n) is 18.8. The van der Waals surface area contributed by atoms with Crippen LogP contribution in [0.3, 0.4) is 0 Å². The van der Waals surface area contributed by atoms with Crippen molar-refractivity contribution in [1.82, 2.24) is 25.0 Å². The van der Waals surface area contributed by atoms with Crippen LogP contribution in [0.4, 0.5) is 10.8 Å². The molecular formula is C21H27N7O2S2. The smallest absolute Gasteiger partial charge is 0.236 e. The van der Waals surface area contributed by atoms with E-state index >= 15 is 0 Å². The second-order valence-electron chi connectivity index (χ2n) is 7.60. The van der Waals surface area contributed by atoms with Crippen LogP contribution in [0.1, 0.15) is 48.6 Å². The van der Waals surface area contributed by atoms with Crippen molar-refractivity contribution in [1.29, 1.82) is 0 Å². The number of carbonyl (C=O) groups excluding carboxylic acids is 2. The number of benzene rings is 1. The monoisotopic (exact) mass is 473 g/mol. The molecule has 0 fully saturated rings. The van der Waals surface area contributed by atoms with Crippen LogP contribution in [0, 0.1) is 13.8 Å². The van der Waals surface area contributed by atoms with Crippen LogP contribution in [0.2, 0.25) is 0 Å². The first-order valence-corrected chi connectivity index (χ1v) is 12.1. The normalized spacial score (nSPS) is 11.1. The fourth-order valence-corrected chi connectivity index (χ4v) is 4.43. The molecule has 0 spiro atoms. The van der Waals surface area contributed by atoms with Crippen molar-refractivity contribution in [3.8, 4) is 0 Å². The SMILES string of the molecule is CCn1c(CC(=O)Nc2ccc(C)c(C)c2)nnc1SCC(=O)Nc1nnc(C(C)C)s1. The zero-order valence-corrected chi connectivity index (χ0v) is 20.4. The topological polar surface area (TPSA) is 115 Å². The van der Waals surface area contributed by atoms with E-state index in [9.17, 15) is 9.59 Å². The number of anilines is 2. The minimum Gasteiger partial charge on any atom is -0.326 e. The lowest BCUT2D eigenvalue weighted by Crippen LogP contribution is -2.18. The van der Waals surface area contributed by atoms with Crippen molar-refractivity contribution >= 4 is 45.7 Å². The Bertz CT molecular complexity index is 1110. The second-order valence-corrected chi connectivity index (χ2v) is 9.56. The summed E-state index contributed by atoms with van der Waals surface area (Å²) in [5, 5.41) is 24.0. The van der Waals surface area contributed by atoms with Crippen LogP contribution in [0.5, 0.6) is 0 Å². The summed E-state index contributed by atoms with van der Waals surface area (Å²) in [7, 11) is 0. The number of hydrogen-bond donors (Lipinski definition) is 2. The van der Waals surface area contributed by atoms with Gasteiger partial charge in [0.25, 0.3) is 0 Å². The molecule has 2 N–H and O–H groups in total. The molecular weight excluding hydrogens is 446 g/mol. The van der Waals surface area contributed by atoms with E-state index in [4.69, 9.17) is 0 Å². The second kappa shape index (κ2) is 10.7. The summed E-state index contributed by atoms with van der Waals surface area (Å²) in [6, 6.07) is 5.80. The summed E-state index contributed by atoms with van der Waals surface area (Å²) < 4.78 is 1.85. The minimum absolute atomic E-state index is 0.100. The van der Waals surface area contributed by atoms with Gasteiger partial charge in [-0.25, -0.2) is 0 Å². The highest BCUT2D eigenvalue weighted by Crippen LogP contribution is 2.23. The van der Waals surface area contributed by atoms with Crippen LogP contribution in [-0.4, -0.2) is 42.5 Å². The van der Waals surface area contributed by atoms with Gasteiger partial charge >= 0.3 is 0 Å². The van der Waals surface area contributed by atoms with Gasteiger partial charge in [-0.1, -0.05) is 43.0 Å². The lowest BCUT2D eigenvalue weighted by atomic mass is 10.1. The van der Waals surface area contributed by atoms with Crippen LogP contribution in [0.25, 0.3) is 0 Å². The summed E-state index contributed by atoms with van der Waals surface area (Å²) in [5.41, 5.74) is 3.04. The van der Waals surface area contributed by atoms with Crippen LogP contribution in [0.15, 0.2) is 23.4 Å². The first-order chi connectivity index (χ1) is 15.3. The Morgan fingerprint density at radius 3 is 2.50 bits per heavy atom. The van der Waals surface area contributed by atoms with Gasteiger partial charge in [-0.3, -0.25) is 14.9 Å². The molecule has 11 heteroatoms. The van der Waals surface area contributed by atoms with Gasteiger partial charge < -0.3 is 9.88 Å². The molecule has 0 saturated carbocycles. The van der Waals surface area contributed by atoms with Crippen molar-refractivity contribution in [2.24, 2.45) is 0 Å².